The van der Waals surface area contributed by atoms with E-state index < -0.39 is 5.97 Å². The SMILES string of the molecule is Cc1cc(C)cc(C(=O)NCCC(C)(C)CCC(=O)O)c1. The van der Waals surface area contributed by atoms with E-state index in [2.05, 4.69) is 5.32 Å². The van der Waals surface area contributed by atoms with Crippen molar-refractivity contribution in [1.82, 2.24) is 5.32 Å². The molecule has 0 atom stereocenters. The zero-order valence-corrected chi connectivity index (χ0v) is 13.3. The summed E-state index contributed by atoms with van der Waals surface area (Å²) in [6.07, 6.45) is 1.54. The van der Waals surface area contributed by atoms with Gasteiger partial charge in [-0.1, -0.05) is 31.0 Å². The fourth-order valence-corrected chi connectivity index (χ4v) is 2.29. The average Bonchev–Trinajstić information content (AvgIpc) is 2.35. The lowest BCUT2D eigenvalue weighted by Crippen LogP contribution is -2.28. The number of nitrogens with one attached hydrogen (secondary N) is 1. The highest BCUT2D eigenvalue weighted by Gasteiger charge is 2.19. The monoisotopic (exact) mass is 291 g/mol. The van der Waals surface area contributed by atoms with E-state index in [1.54, 1.807) is 0 Å². The fraction of sp³-hybridized carbons (Fsp3) is 0.529. The third kappa shape index (κ3) is 6.43. The van der Waals surface area contributed by atoms with Crippen LogP contribution in [0.2, 0.25) is 0 Å². The molecular formula is C17H25NO3. The molecule has 2 N–H and O–H groups in total. The van der Waals surface area contributed by atoms with Gasteiger partial charge in [-0.05, 0) is 44.2 Å². The Morgan fingerprint density at radius 2 is 1.67 bits per heavy atom. The Kier molecular flexibility index (Phi) is 5.94. The molecule has 116 valence electrons. The van der Waals surface area contributed by atoms with Gasteiger partial charge in [-0.25, -0.2) is 0 Å². The molecule has 0 bridgehead atoms. The van der Waals surface area contributed by atoms with Crippen molar-refractivity contribution in [3.63, 3.8) is 0 Å². The number of carboxylic acid groups (broad SMARTS) is 1. The van der Waals surface area contributed by atoms with E-state index in [4.69, 9.17) is 5.11 Å². The van der Waals surface area contributed by atoms with Crippen LogP contribution in [0.3, 0.4) is 0 Å². The van der Waals surface area contributed by atoms with Crippen LogP contribution < -0.4 is 5.32 Å². The van der Waals surface area contributed by atoms with Gasteiger partial charge in [0.25, 0.3) is 5.91 Å². The summed E-state index contributed by atoms with van der Waals surface area (Å²) in [5.41, 5.74) is 2.73. The summed E-state index contributed by atoms with van der Waals surface area (Å²) in [5, 5.41) is 11.6. The maximum Gasteiger partial charge on any atom is 0.303 e. The highest BCUT2D eigenvalue weighted by atomic mass is 16.4. The number of hydrogen-bond acceptors (Lipinski definition) is 2. The molecule has 0 saturated carbocycles. The molecule has 0 aliphatic rings. The smallest absolute Gasteiger partial charge is 0.303 e. The molecule has 0 saturated heterocycles. The van der Waals surface area contributed by atoms with Gasteiger partial charge in [0, 0.05) is 18.5 Å². The molecule has 4 nitrogen and oxygen atoms in total. The Labute approximate surface area is 126 Å². The lowest BCUT2D eigenvalue weighted by Gasteiger charge is -2.23. The topological polar surface area (TPSA) is 66.4 Å². The lowest BCUT2D eigenvalue weighted by atomic mass is 9.84. The second-order valence-corrected chi connectivity index (χ2v) is 6.44. The van der Waals surface area contributed by atoms with Crippen molar-refractivity contribution < 1.29 is 14.7 Å². The largest absolute Gasteiger partial charge is 0.481 e. The number of carbonyl (C=O) groups is 2. The molecule has 4 heteroatoms. The molecule has 0 aliphatic carbocycles. The third-order valence-corrected chi connectivity index (χ3v) is 3.59. The molecule has 1 amide bonds. The minimum Gasteiger partial charge on any atom is -0.481 e. The van der Waals surface area contributed by atoms with Crippen molar-refractivity contribution in [3.05, 3.63) is 34.9 Å². The van der Waals surface area contributed by atoms with Gasteiger partial charge in [0.2, 0.25) is 0 Å². The molecule has 1 aromatic rings. The van der Waals surface area contributed by atoms with Crippen molar-refractivity contribution in [1.29, 1.82) is 0 Å². The Hall–Kier alpha value is -1.84. The summed E-state index contributed by atoms with van der Waals surface area (Å²) in [4.78, 5) is 22.7. The Morgan fingerprint density at radius 1 is 1.10 bits per heavy atom. The first-order chi connectivity index (χ1) is 9.69. The van der Waals surface area contributed by atoms with E-state index in [-0.39, 0.29) is 17.7 Å². The maximum atomic E-state index is 12.1. The van der Waals surface area contributed by atoms with Crippen molar-refractivity contribution in [2.75, 3.05) is 6.54 Å². The van der Waals surface area contributed by atoms with Gasteiger partial charge in [0.15, 0.2) is 0 Å². The van der Waals surface area contributed by atoms with Gasteiger partial charge in [-0.2, -0.15) is 0 Å². The summed E-state index contributed by atoms with van der Waals surface area (Å²) in [6, 6.07) is 5.78. The van der Waals surface area contributed by atoms with E-state index in [0.717, 1.165) is 17.5 Å². The maximum absolute atomic E-state index is 12.1. The molecule has 21 heavy (non-hydrogen) atoms. The zero-order valence-electron chi connectivity index (χ0n) is 13.3. The van der Waals surface area contributed by atoms with E-state index in [1.807, 2.05) is 45.9 Å². The van der Waals surface area contributed by atoms with Crippen LogP contribution in [-0.2, 0) is 4.79 Å². The van der Waals surface area contributed by atoms with Gasteiger partial charge in [0.05, 0.1) is 0 Å². The quantitative estimate of drug-likeness (QED) is 0.810. The molecule has 0 radical (unpaired) electrons. The number of hydrogen-bond donors (Lipinski definition) is 2. The van der Waals surface area contributed by atoms with Gasteiger partial charge < -0.3 is 10.4 Å². The second-order valence-electron chi connectivity index (χ2n) is 6.44. The molecule has 0 heterocycles. The van der Waals surface area contributed by atoms with Crippen LogP contribution >= 0.6 is 0 Å². The molecule has 0 fully saturated rings. The standard InChI is InChI=1S/C17H25NO3/c1-12-9-13(2)11-14(10-12)16(21)18-8-7-17(3,4)6-5-15(19)20/h9-11H,5-8H2,1-4H3,(H,18,21)(H,19,20). The highest BCUT2D eigenvalue weighted by Crippen LogP contribution is 2.26. The number of aliphatic carboxylic acids is 1. The minimum absolute atomic E-state index is 0.0733. The van der Waals surface area contributed by atoms with Gasteiger partial charge >= 0.3 is 5.97 Å². The summed E-state index contributed by atoms with van der Waals surface area (Å²) in [7, 11) is 0. The predicted octanol–water partition coefficient (Wildman–Crippen LogP) is 3.31. The highest BCUT2D eigenvalue weighted by molar-refractivity contribution is 5.94. The van der Waals surface area contributed by atoms with E-state index in [9.17, 15) is 9.59 Å². The van der Waals surface area contributed by atoms with Crippen LogP contribution in [0.25, 0.3) is 0 Å². The van der Waals surface area contributed by atoms with Crippen molar-refractivity contribution >= 4 is 11.9 Å². The number of aryl methyl sites for hydroxylation is 2. The minimum atomic E-state index is -0.776. The second kappa shape index (κ2) is 7.25. The van der Waals surface area contributed by atoms with E-state index in [1.165, 1.54) is 0 Å². The van der Waals surface area contributed by atoms with Crippen LogP contribution in [0.5, 0.6) is 0 Å². The predicted molar refractivity (Wildman–Crippen MR) is 83.5 cm³/mol. The van der Waals surface area contributed by atoms with Gasteiger partial charge in [-0.3, -0.25) is 9.59 Å². The number of carbonyl (C=O) groups excluding carboxylic acids is 1. The summed E-state index contributed by atoms with van der Waals surface area (Å²) < 4.78 is 0. The number of carboxylic acids is 1. The fourth-order valence-electron chi connectivity index (χ4n) is 2.29. The van der Waals surface area contributed by atoms with E-state index >= 15 is 0 Å². The molecule has 0 aliphatic heterocycles. The lowest BCUT2D eigenvalue weighted by molar-refractivity contribution is -0.137. The van der Waals surface area contributed by atoms with Crippen LogP contribution in [0.4, 0.5) is 0 Å². The first kappa shape index (κ1) is 17.2. The molecule has 1 rings (SSSR count). The Bertz CT molecular complexity index is 501. The molecule has 0 spiro atoms. The molecule has 0 unspecified atom stereocenters. The van der Waals surface area contributed by atoms with Crippen LogP contribution in [-0.4, -0.2) is 23.5 Å². The van der Waals surface area contributed by atoms with Crippen LogP contribution in [0.1, 0.15) is 54.6 Å². The summed E-state index contributed by atoms with van der Waals surface area (Å²) >= 11 is 0. The average molecular weight is 291 g/mol. The summed E-state index contributed by atoms with van der Waals surface area (Å²) in [6.45, 7) is 8.55. The number of amides is 1. The van der Waals surface area contributed by atoms with Gasteiger partial charge in [-0.15, -0.1) is 0 Å². The molecular weight excluding hydrogens is 266 g/mol. The normalized spacial score (nSPS) is 11.2. The third-order valence-electron chi connectivity index (χ3n) is 3.59. The van der Waals surface area contributed by atoms with Crippen molar-refractivity contribution in [2.24, 2.45) is 5.41 Å². The van der Waals surface area contributed by atoms with E-state index in [0.29, 0.717) is 18.5 Å². The first-order valence-electron chi connectivity index (χ1n) is 7.28. The first-order valence-corrected chi connectivity index (χ1v) is 7.28. The zero-order chi connectivity index (χ0) is 16.0. The van der Waals surface area contributed by atoms with Crippen LogP contribution in [0.15, 0.2) is 18.2 Å². The Morgan fingerprint density at radius 3 is 2.19 bits per heavy atom. The number of rotatable bonds is 7. The van der Waals surface area contributed by atoms with Gasteiger partial charge in [0.1, 0.15) is 0 Å². The number of benzene rings is 1. The van der Waals surface area contributed by atoms with Crippen LogP contribution in [0, 0.1) is 19.3 Å². The summed E-state index contributed by atoms with van der Waals surface area (Å²) in [5.74, 6) is -0.849. The van der Waals surface area contributed by atoms with Crippen molar-refractivity contribution in [2.45, 2.75) is 47.0 Å². The van der Waals surface area contributed by atoms with Crippen molar-refractivity contribution in [3.8, 4) is 0 Å². The molecule has 0 aromatic heterocycles. The Balaban J connectivity index is 2.47. The molecule has 1 aromatic carbocycles.